The van der Waals surface area contributed by atoms with Gasteiger partial charge >= 0.3 is 0 Å². The molecule has 1 saturated heterocycles. The van der Waals surface area contributed by atoms with Gasteiger partial charge in [0.15, 0.2) is 0 Å². The van der Waals surface area contributed by atoms with Gasteiger partial charge in [-0.1, -0.05) is 42.4 Å². The molecule has 180 valence electrons. The maximum absolute atomic E-state index is 13.6. The van der Waals surface area contributed by atoms with Crippen LogP contribution in [-0.4, -0.2) is 60.1 Å². The van der Waals surface area contributed by atoms with Crippen molar-refractivity contribution in [1.29, 1.82) is 0 Å². The normalized spacial score (nSPS) is 15.4. The molecule has 2 aromatic carbocycles. The Morgan fingerprint density at radius 1 is 1.09 bits per heavy atom. The molecule has 4 rings (SSSR count). The van der Waals surface area contributed by atoms with E-state index in [-0.39, 0.29) is 17.8 Å². The molecule has 0 aliphatic carbocycles. The number of carbonyl (C=O) groups excluding carboxylic acids is 1. The van der Waals surface area contributed by atoms with E-state index in [1.165, 1.54) is 12.1 Å². The van der Waals surface area contributed by atoms with Crippen LogP contribution in [0.2, 0.25) is 0 Å². The maximum atomic E-state index is 13.6. The Morgan fingerprint density at radius 3 is 2.41 bits per heavy atom. The van der Waals surface area contributed by atoms with E-state index >= 15 is 0 Å². The fourth-order valence-electron chi connectivity index (χ4n) is 4.29. The van der Waals surface area contributed by atoms with Crippen molar-refractivity contribution in [2.45, 2.75) is 39.3 Å². The number of piperazine rings is 1. The number of rotatable bonds is 8. The minimum absolute atomic E-state index is 0.0486. The van der Waals surface area contributed by atoms with Gasteiger partial charge in [0, 0.05) is 37.8 Å². The lowest BCUT2D eigenvalue weighted by Gasteiger charge is -2.33. The summed E-state index contributed by atoms with van der Waals surface area (Å²) in [7, 11) is 2.11. The number of benzene rings is 2. The molecule has 7 heteroatoms. The van der Waals surface area contributed by atoms with Crippen LogP contribution in [0.3, 0.4) is 0 Å². The average molecular weight is 465 g/mol. The predicted octanol–water partition coefficient (Wildman–Crippen LogP) is 4.60. The second-order valence-electron chi connectivity index (χ2n) is 9.05. The number of hydrogen-bond donors (Lipinski definition) is 0. The van der Waals surface area contributed by atoms with Crippen molar-refractivity contribution in [2.75, 3.05) is 38.1 Å². The van der Waals surface area contributed by atoms with Crippen LogP contribution in [0.15, 0.2) is 59.1 Å². The first kappa shape index (κ1) is 24.0. The van der Waals surface area contributed by atoms with E-state index < -0.39 is 0 Å². The van der Waals surface area contributed by atoms with E-state index in [9.17, 15) is 9.18 Å². The van der Waals surface area contributed by atoms with Crippen LogP contribution in [-0.2, 0) is 17.8 Å². The Labute approximate surface area is 200 Å². The molecule has 34 heavy (non-hydrogen) atoms. The third-order valence-electron chi connectivity index (χ3n) is 6.65. The average Bonchev–Trinajstić information content (AvgIpc) is 3.27. The van der Waals surface area contributed by atoms with Crippen LogP contribution in [0.4, 0.5) is 10.3 Å². The fraction of sp³-hybridized carbons (Fsp3) is 0.407. The molecule has 1 aliphatic rings. The zero-order chi connectivity index (χ0) is 24.1. The summed E-state index contributed by atoms with van der Waals surface area (Å²) >= 11 is 0. The number of likely N-dealkylation sites (N-methyl/N-ethyl adjacent to an activating group) is 1. The lowest BCUT2D eigenvalue weighted by atomic mass is 10.0. The van der Waals surface area contributed by atoms with Crippen molar-refractivity contribution in [3.8, 4) is 11.3 Å². The second-order valence-corrected chi connectivity index (χ2v) is 9.05. The van der Waals surface area contributed by atoms with Gasteiger partial charge in [0.2, 0.25) is 11.8 Å². The molecule has 1 amide bonds. The molecule has 0 N–H and O–H groups in total. The first-order valence-corrected chi connectivity index (χ1v) is 12.0. The first-order chi connectivity index (χ1) is 16.5. The first-order valence-electron chi connectivity index (χ1n) is 12.0. The van der Waals surface area contributed by atoms with Gasteiger partial charge in [-0.05, 0) is 50.2 Å². The van der Waals surface area contributed by atoms with Crippen molar-refractivity contribution in [2.24, 2.45) is 0 Å². The van der Waals surface area contributed by atoms with Crippen LogP contribution < -0.4 is 4.90 Å². The number of carbonyl (C=O) groups is 1. The number of halogens is 1. The summed E-state index contributed by atoms with van der Waals surface area (Å²) < 4.78 is 19.5. The molecule has 6 nitrogen and oxygen atoms in total. The predicted molar refractivity (Wildman–Crippen MR) is 132 cm³/mol. The van der Waals surface area contributed by atoms with E-state index in [0.717, 1.165) is 49.3 Å². The SMILES string of the molecule is CCC(C)N(Cc1c(-c2ccc(F)cc2)noc1N1CCN(C)CC1)C(=O)Cc1ccccc1. The van der Waals surface area contributed by atoms with Crippen LogP contribution in [0.1, 0.15) is 31.4 Å². The van der Waals surface area contributed by atoms with Gasteiger partial charge in [0.25, 0.3) is 0 Å². The third-order valence-corrected chi connectivity index (χ3v) is 6.65. The zero-order valence-electron chi connectivity index (χ0n) is 20.2. The monoisotopic (exact) mass is 464 g/mol. The highest BCUT2D eigenvalue weighted by atomic mass is 19.1. The van der Waals surface area contributed by atoms with E-state index in [4.69, 9.17) is 4.52 Å². The Hall–Kier alpha value is -3.19. The molecule has 2 heterocycles. The number of amides is 1. The number of aromatic nitrogens is 1. The number of nitrogens with zero attached hydrogens (tertiary/aromatic N) is 4. The van der Waals surface area contributed by atoms with Crippen molar-refractivity contribution in [1.82, 2.24) is 15.0 Å². The van der Waals surface area contributed by atoms with E-state index in [1.54, 1.807) is 12.1 Å². The Balaban J connectivity index is 1.69. The topological polar surface area (TPSA) is 52.8 Å². The van der Waals surface area contributed by atoms with E-state index in [0.29, 0.717) is 24.5 Å². The quantitative estimate of drug-likeness (QED) is 0.488. The van der Waals surface area contributed by atoms with Crippen LogP contribution >= 0.6 is 0 Å². The molecular formula is C27H33FN4O2. The number of hydrogen-bond acceptors (Lipinski definition) is 5. The summed E-state index contributed by atoms with van der Waals surface area (Å²) in [5.41, 5.74) is 3.30. The highest BCUT2D eigenvalue weighted by molar-refractivity contribution is 5.80. The fourth-order valence-corrected chi connectivity index (χ4v) is 4.29. The van der Waals surface area contributed by atoms with Crippen LogP contribution in [0, 0.1) is 5.82 Å². The van der Waals surface area contributed by atoms with E-state index in [1.807, 2.05) is 35.2 Å². The van der Waals surface area contributed by atoms with Gasteiger partial charge in [-0.15, -0.1) is 0 Å². The molecule has 1 fully saturated rings. The van der Waals surface area contributed by atoms with Crippen molar-refractivity contribution in [3.05, 3.63) is 71.5 Å². The molecular weight excluding hydrogens is 431 g/mol. The largest absolute Gasteiger partial charge is 0.338 e. The lowest BCUT2D eigenvalue weighted by Crippen LogP contribution is -2.45. The Kier molecular flexibility index (Phi) is 7.63. The van der Waals surface area contributed by atoms with Gasteiger partial charge < -0.3 is 19.2 Å². The molecule has 0 radical (unpaired) electrons. The molecule has 0 spiro atoms. The summed E-state index contributed by atoms with van der Waals surface area (Å²) in [5.74, 6) is 0.469. The van der Waals surface area contributed by atoms with Gasteiger partial charge in [-0.3, -0.25) is 4.79 Å². The molecule has 1 unspecified atom stereocenters. The van der Waals surface area contributed by atoms with Crippen molar-refractivity contribution in [3.63, 3.8) is 0 Å². The van der Waals surface area contributed by atoms with Crippen LogP contribution in [0.25, 0.3) is 11.3 Å². The van der Waals surface area contributed by atoms with Crippen molar-refractivity contribution < 1.29 is 13.7 Å². The summed E-state index contributed by atoms with van der Waals surface area (Å²) in [6.45, 7) is 8.04. The molecule has 1 aromatic heterocycles. The van der Waals surface area contributed by atoms with Gasteiger partial charge in [0.1, 0.15) is 11.5 Å². The zero-order valence-corrected chi connectivity index (χ0v) is 20.2. The van der Waals surface area contributed by atoms with Gasteiger partial charge in [-0.25, -0.2) is 4.39 Å². The highest BCUT2D eigenvalue weighted by Gasteiger charge is 2.29. The van der Waals surface area contributed by atoms with E-state index in [2.05, 4.69) is 35.9 Å². The van der Waals surface area contributed by atoms with Gasteiger partial charge in [-0.2, -0.15) is 0 Å². The summed E-state index contributed by atoms with van der Waals surface area (Å²) in [6.07, 6.45) is 1.17. The van der Waals surface area contributed by atoms with Gasteiger partial charge in [0.05, 0.1) is 18.5 Å². The minimum atomic E-state index is -0.299. The highest BCUT2D eigenvalue weighted by Crippen LogP contribution is 2.34. The molecule has 0 saturated carbocycles. The maximum Gasteiger partial charge on any atom is 0.232 e. The third kappa shape index (κ3) is 5.47. The number of anilines is 1. The summed E-state index contributed by atoms with van der Waals surface area (Å²) in [4.78, 5) is 19.9. The smallest absolute Gasteiger partial charge is 0.232 e. The molecule has 1 aliphatic heterocycles. The summed E-state index contributed by atoms with van der Waals surface area (Å²) in [6, 6.07) is 16.1. The molecule has 3 aromatic rings. The summed E-state index contributed by atoms with van der Waals surface area (Å²) in [5, 5.41) is 4.40. The standard InChI is InChI=1S/C27H33FN4O2/c1-4-20(2)32(25(33)18-21-8-6-5-7-9-21)19-24-26(22-10-12-23(28)13-11-22)29-34-27(24)31-16-14-30(3)15-17-31/h5-13,20H,4,14-19H2,1-3H3. The Bertz CT molecular complexity index is 1080. The second kappa shape index (κ2) is 10.8. The van der Waals surface area contributed by atoms with Crippen molar-refractivity contribution >= 4 is 11.8 Å². The molecule has 1 atom stereocenters. The lowest BCUT2D eigenvalue weighted by molar-refractivity contribution is -0.133. The molecule has 0 bridgehead atoms. The Morgan fingerprint density at radius 2 is 1.76 bits per heavy atom. The van der Waals surface area contributed by atoms with Crippen LogP contribution in [0.5, 0.6) is 0 Å². The minimum Gasteiger partial charge on any atom is -0.338 e.